The largest absolute Gasteiger partial charge is 0.481 e. The molecule has 1 atom stereocenters. The van der Waals surface area contributed by atoms with Crippen molar-refractivity contribution in [3.8, 4) is 0 Å². The number of aliphatic carboxylic acids is 1. The second kappa shape index (κ2) is 6.16. The van der Waals surface area contributed by atoms with Gasteiger partial charge in [-0.25, -0.2) is 9.97 Å². The molecule has 1 heterocycles. The molecule has 3 N–H and O–H groups in total. The minimum Gasteiger partial charge on any atom is -0.481 e. The third kappa shape index (κ3) is 3.33. The Morgan fingerprint density at radius 3 is 2.35 bits per heavy atom. The van der Waals surface area contributed by atoms with Crippen LogP contribution in [0.2, 0.25) is 0 Å². The van der Waals surface area contributed by atoms with Crippen molar-refractivity contribution in [1.29, 1.82) is 0 Å². The zero-order valence-electron chi connectivity index (χ0n) is 10.9. The summed E-state index contributed by atoms with van der Waals surface area (Å²) in [6, 6.07) is 6.77. The Bertz CT molecular complexity index is 587. The van der Waals surface area contributed by atoms with Crippen molar-refractivity contribution in [3.63, 3.8) is 0 Å². The monoisotopic (exact) mass is 271 g/mol. The highest BCUT2D eigenvalue weighted by Crippen LogP contribution is 2.19. The normalized spacial score (nSPS) is 11.8. The minimum absolute atomic E-state index is 0.427. The quantitative estimate of drug-likeness (QED) is 0.643. The van der Waals surface area contributed by atoms with Gasteiger partial charge in [0.1, 0.15) is 13.8 Å². The van der Waals surface area contributed by atoms with E-state index in [0.717, 1.165) is 11.2 Å². The maximum absolute atomic E-state index is 10.9. The van der Waals surface area contributed by atoms with Crippen molar-refractivity contribution >= 4 is 30.9 Å². The van der Waals surface area contributed by atoms with E-state index >= 15 is 0 Å². The molecule has 0 amide bonds. The van der Waals surface area contributed by atoms with E-state index in [1.165, 1.54) is 0 Å². The van der Waals surface area contributed by atoms with Crippen molar-refractivity contribution in [3.05, 3.63) is 42.2 Å². The number of aliphatic hydroxyl groups excluding tert-OH is 1. The van der Waals surface area contributed by atoms with Gasteiger partial charge in [-0.3, -0.25) is 4.79 Å². The summed E-state index contributed by atoms with van der Waals surface area (Å²) in [4.78, 5) is 19.2. The van der Waals surface area contributed by atoms with Gasteiger partial charge < -0.3 is 15.5 Å². The molecular formula is C13H14BN3O3. The number of hydrogen-bond donors (Lipinski definition) is 3. The molecule has 1 aromatic heterocycles. The molecule has 0 aliphatic rings. The van der Waals surface area contributed by atoms with E-state index in [-0.39, 0.29) is 0 Å². The molecular weight excluding hydrogens is 257 g/mol. The van der Waals surface area contributed by atoms with Gasteiger partial charge in [-0.15, -0.1) is 0 Å². The lowest BCUT2D eigenvalue weighted by Gasteiger charge is -2.10. The van der Waals surface area contributed by atoms with Gasteiger partial charge in [0.25, 0.3) is 0 Å². The van der Waals surface area contributed by atoms with Crippen LogP contribution < -0.4 is 10.8 Å². The second-order valence-electron chi connectivity index (χ2n) is 4.40. The average Bonchev–Trinajstić information content (AvgIpc) is 2.44. The van der Waals surface area contributed by atoms with Crippen molar-refractivity contribution in [2.75, 3.05) is 11.9 Å². The SMILES string of the molecule is Bc1cnc(Nc2ccc(C(CO)C(=O)O)cc2)nc1. The molecule has 7 heteroatoms. The minimum atomic E-state index is -1.05. The molecule has 2 aromatic rings. The van der Waals surface area contributed by atoms with Crippen LogP contribution >= 0.6 is 0 Å². The highest BCUT2D eigenvalue weighted by Gasteiger charge is 2.18. The lowest BCUT2D eigenvalue weighted by Crippen LogP contribution is -2.15. The van der Waals surface area contributed by atoms with E-state index in [1.54, 1.807) is 36.7 Å². The molecule has 1 unspecified atom stereocenters. The summed E-state index contributed by atoms with van der Waals surface area (Å²) in [5.41, 5.74) is 2.27. The van der Waals surface area contributed by atoms with Crippen LogP contribution in [0, 0.1) is 0 Å². The third-order valence-corrected chi connectivity index (χ3v) is 2.83. The Morgan fingerprint density at radius 2 is 1.85 bits per heavy atom. The molecule has 1 aromatic carbocycles. The smallest absolute Gasteiger partial charge is 0.313 e. The van der Waals surface area contributed by atoms with Crippen LogP contribution in [0.25, 0.3) is 0 Å². The number of rotatable bonds is 5. The highest BCUT2D eigenvalue weighted by atomic mass is 16.4. The van der Waals surface area contributed by atoms with Crippen LogP contribution in [0.4, 0.5) is 11.6 Å². The standard InChI is InChI=1S/C13H14BN3O3/c14-9-5-15-13(16-6-9)17-10-3-1-8(2-4-10)11(7-18)12(19)20/h1-6,11,18H,7,14H2,(H,19,20)(H,15,16,17). The van der Waals surface area contributed by atoms with Gasteiger partial charge in [-0.05, 0) is 17.7 Å². The Morgan fingerprint density at radius 1 is 1.25 bits per heavy atom. The maximum Gasteiger partial charge on any atom is 0.313 e. The molecule has 20 heavy (non-hydrogen) atoms. The fourth-order valence-electron chi connectivity index (χ4n) is 1.71. The van der Waals surface area contributed by atoms with Crippen LogP contribution in [0.15, 0.2) is 36.7 Å². The molecule has 0 aliphatic carbocycles. The third-order valence-electron chi connectivity index (χ3n) is 2.83. The van der Waals surface area contributed by atoms with Crippen LogP contribution in [0.1, 0.15) is 11.5 Å². The Labute approximate surface area is 116 Å². The number of aromatic nitrogens is 2. The fraction of sp³-hybridized carbons (Fsp3) is 0.154. The lowest BCUT2D eigenvalue weighted by molar-refractivity contribution is -0.139. The van der Waals surface area contributed by atoms with Crippen molar-refractivity contribution in [2.45, 2.75) is 5.92 Å². The number of nitrogens with zero attached hydrogens (tertiary/aromatic N) is 2. The molecule has 6 nitrogen and oxygen atoms in total. The van der Waals surface area contributed by atoms with Crippen LogP contribution in [0.3, 0.4) is 0 Å². The van der Waals surface area contributed by atoms with Gasteiger partial charge in [0.15, 0.2) is 0 Å². The first kappa shape index (κ1) is 14.0. The summed E-state index contributed by atoms with van der Waals surface area (Å²) < 4.78 is 0. The molecule has 0 fully saturated rings. The summed E-state index contributed by atoms with van der Waals surface area (Å²) in [5, 5.41) is 21.0. The van der Waals surface area contributed by atoms with Gasteiger partial charge in [0.2, 0.25) is 5.95 Å². The fourth-order valence-corrected chi connectivity index (χ4v) is 1.71. The number of hydrogen-bond acceptors (Lipinski definition) is 5. The van der Waals surface area contributed by atoms with Crippen LogP contribution in [-0.2, 0) is 4.79 Å². The zero-order chi connectivity index (χ0) is 14.5. The molecule has 2 rings (SSSR count). The number of aliphatic hydroxyl groups is 1. The van der Waals surface area contributed by atoms with Gasteiger partial charge in [-0.1, -0.05) is 17.6 Å². The predicted molar refractivity (Wildman–Crippen MR) is 77.4 cm³/mol. The first-order valence-electron chi connectivity index (χ1n) is 6.09. The van der Waals surface area contributed by atoms with Crippen LogP contribution in [0.5, 0.6) is 0 Å². The number of carbonyl (C=O) groups is 1. The van der Waals surface area contributed by atoms with Crippen molar-refractivity contribution in [2.24, 2.45) is 0 Å². The summed E-state index contributed by atoms with van der Waals surface area (Å²) >= 11 is 0. The highest BCUT2D eigenvalue weighted by molar-refractivity contribution is 6.31. The van der Waals surface area contributed by atoms with Crippen LogP contribution in [-0.4, -0.2) is 40.6 Å². The average molecular weight is 271 g/mol. The molecule has 0 saturated carbocycles. The van der Waals surface area contributed by atoms with Gasteiger partial charge in [0, 0.05) is 18.1 Å². The Hall–Kier alpha value is -2.41. The van der Waals surface area contributed by atoms with E-state index < -0.39 is 18.5 Å². The van der Waals surface area contributed by atoms with Crippen molar-refractivity contribution in [1.82, 2.24) is 9.97 Å². The molecule has 0 spiro atoms. The number of anilines is 2. The van der Waals surface area contributed by atoms with Gasteiger partial charge in [-0.2, -0.15) is 0 Å². The Kier molecular flexibility index (Phi) is 4.32. The molecule has 0 radical (unpaired) electrons. The Balaban J connectivity index is 2.12. The second-order valence-corrected chi connectivity index (χ2v) is 4.40. The zero-order valence-corrected chi connectivity index (χ0v) is 10.9. The summed E-state index contributed by atoms with van der Waals surface area (Å²) in [7, 11) is 1.90. The number of carboxylic acids is 1. The van der Waals surface area contributed by atoms with E-state index in [9.17, 15) is 4.79 Å². The first-order valence-corrected chi connectivity index (χ1v) is 6.09. The first-order chi connectivity index (χ1) is 9.60. The summed E-state index contributed by atoms with van der Waals surface area (Å²) in [5.74, 6) is -1.48. The lowest BCUT2D eigenvalue weighted by atomic mass is 10.00. The molecule has 0 aliphatic heterocycles. The number of benzene rings is 1. The maximum atomic E-state index is 10.9. The number of nitrogens with one attached hydrogen (secondary N) is 1. The van der Waals surface area contributed by atoms with E-state index in [1.807, 2.05) is 7.85 Å². The van der Waals surface area contributed by atoms with Gasteiger partial charge >= 0.3 is 5.97 Å². The van der Waals surface area contributed by atoms with Crippen molar-refractivity contribution < 1.29 is 15.0 Å². The number of carboxylic acid groups (broad SMARTS) is 1. The summed E-state index contributed by atoms with van der Waals surface area (Å²) in [6.07, 6.45) is 3.41. The van der Waals surface area contributed by atoms with Gasteiger partial charge in [0.05, 0.1) is 6.61 Å². The van der Waals surface area contributed by atoms with E-state index in [4.69, 9.17) is 10.2 Å². The summed E-state index contributed by atoms with van der Waals surface area (Å²) in [6.45, 7) is -0.427. The van der Waals surface area contributed by atoms with E-state index in [2.05, 4.69) is 15.3 Å². The molecule has 0 bridgehead atoms. The topological polar surface area (TPSA) is 95.3 Å². The molecule has 0 saturated heterocycles. The predicted octanol–water partition coefficient (Wildman–Crippen LogP) is -0.361. The van der Waals surface area contributed by atoms with E-state index in [0.29, 0.717) is 11.5 Å². The molecule has 102 valence electrons.